The van der Waals surface area contributed by atoms with Gasteiger partial charge in [-0.1, -0.05) is 53.0 Å². The van der Waals surface area contributed by atoms with Gasteiger partial charge in [-0.15, -0.1) is 0 Å². The fraction of sp³-hybridized carbons (Fsp3) is 0.400. The van der Waals surface area contributed by atoms with E-state index in [4.69, 9.17) is 39.5 Å². The van der Waals surface area contributed by atoms with E-state index in [9.17, 15) is 4.79 Å². The average molecular weight is 364 g/mol. The van der Waals surface area contributed by atoms with Gasteiger partial charge < -0.3 is 15.0 Å². The number of alkyl halides is 3. The van der Waals surface area contributed by atoms with Gasteiger partial charge in [-0.05, 0) is 26.8 Å². The minimum absolute atomic E-state index is 0.636. The van der Waals surface area contributed by atoms with Gasteiger partial charge in [0.15, 0.2) is 0 Å². The summed E-state index contributed by atoms with van der Waals surface area (Å²) in [6.07, 6.45) is 1.07. The molecule has 120 valence electrons. The van der Waals surface area contributed by atoms with E-state index in [1.54, 1.807) is 27.0 Å². The normalized spacial score (nSPS) is 13.9. The molecule has 7 heteroatoms. The van der Waals surface area contributed by atoms with E-state index in [1.807, 2.05) is 24.3 Å². The summed E-state index contributed by atoms with van der Waals surface area (Å²) in [4.78, 5) is 15.1. The van der Waals surface area contributed by atoms with Crippen molar-refractivity contribution in [1.82, 2.24) is 10.3 Å². The molecular weight excluding hydrogens is 347 g/mol. The Labute approximate surface area is 144 Å². The van der Waals surface area contributed by atoms with Gasteiger partial charge >= 0.3 is 6.09 Å². The number of aromatic amines is 1. The summed E-state index contributed by atoms with van der Waals surface area (Å²) in [7, 11) is 0. The van der Waals surface area contributed by atoms with Crippen LogP contribution in [0.4, 0.5) is 4.79 Å². The van der Waals surface area contributed by atoms with E-state index in [0.29, 0.717) is 5.56 Å². The van der Waals surface area contributed by atoms with Crippen LogP contribution in [0, 0.1) is 0 Å². The summed E-state index contributed by atoms with van der Waals surface area (Å²) in [5, 5.41) is 3.50. The summed E-state index contributed by atoms with van der Waals surface area (Å²) in [6.45, 7) is 5.30. The Bertz CT molecular complexity index is 671. The van der Waals surface area contributed by atoms with Crippen LogP contribution in [0.15, 0.2) is 30.5 Å². The number of nitrogens with one attached hydrogen (secondary N) is 2. The van der Waals surface area contributed by atoms with Crippen molar-refractivity contribution in [3.05, 3.63) is 36.0 Å². The number of H-pyrrole nitrogens is 1. The van der Waals surface area contributed by atoms with Crippen LogP contribution in [-0.2, 0) is 4.74 Å². The number of carbonyl (C=O) groups is 1. The molecule has 1 heterocycles. The van der Waals surface area contributed by atoms with Gasteiger partial charge in [0.05, 0.1) is 0 Å². The Morgan fingerprint density at radius 1 is 1.23 bits per heavy atom. The Morgan fingerprint density at radius 2 is 1.86 bits per heavy atom. The van der Waals surface area contributed by atoms with Gasteiger partial charge in [0.2, 0.25) is 3.79 Å². The molecule has 0 fully saturated rings. The van der Waals surface area contributed by atoms with Crippen LogP contribution < -0.4 is 5.32 Å². The van der Waals surface area contributed by atoms with Crippen LogP contribution in [-0.4, -0.2) is 20.5 Å². The first-order valence-corrected chi connectivity index (χ1v) is 7.83. The van der Waals surface area contributed by atoms with Gasteiger partial charge in [-0.3, -0.25) is 0 Å². The second-order valence-corrected chi connectivity index (χ2v) is 8.28. The number of fused-ring (bicyclic) bond motifs is 1. The topological polar surface area (TPSA) is 54.1 Å². The van der Waals surface area contributed by atoms with Crippen molar-refractivity contribution >= 4 is 51.8 Å². The van der Waals surface area contributed by atoms with E-state index in [2.05, 4.69) is 10.3 Å². The summed E-state index contributed by atoms with van der Waals surface area (Å²) in [6, 6.07) is 6.73. The Balaban J connectivity index is 2.34. The van der Waals surface area contributed by atoms with E-state index in [0.717, 1.165) is 10.9 Å². The minimum atomic E-state index is -1.72. The van der Waals surface area contributed by atoms with Crippen molar-refractivity contribution in [1.29, 1.82) is 0 Å². The van der Waals surface area contributed by atoms with Crippen molar-refractivity contribution in [2.45, 2.75) is 36.2 Å². The minimum Gasteiger partial charge on any atom is -0.444 e. The molecule has 2 aromatic rings. The Morgan fingerprint density at radius 3 is 2.45 bits per heavy atom. The van der Waals surface area contributed by atoms with Crippen molar-refractivity contribution in [2.75, 3.05) is 0 Å². The number of rotatable bonds is 2. The summed E-state index contributed by atoms with van der Waals surface area (Å²) >= 11 is 18.2. The highest BCUT2D eigenvalue weighted by molar-refractivity contribution is 6.68. The highest BCUT2D eigenvalue weighted by Crippen LogP contribution is 2.42. The largest absolute Gasteiger partial charge is 0.444 e. The Hall–Kier alpha value is -1.10. The number of halogens is 3. The molecule has 0 aliphatic heterocycles. The number of alkyl carbamates (subject to hydrolysis) is 1. The molecular formula is C15H17Cl3N2O2. The van der Waals surface area contributed by atoms with Crippen LogP contribution >= 0.6 is 34.8 Å². The van der Waals surface area contributed by atoms with Crippen LogP contribution in [0.3, 0.4) is 0 Å². The molecule has 2 rings (SSSR count). The predicted octanol–water partition coefficient (Wildman–Crippen LogP) is 5.10. The molecule has 1 atom stereocenters. The maximum Gasteiger partial charge on any atom is 0.408 e. The van der Waals surface area contributed by atoms with Crippen LogP contribution in [0.1, 0.15) is 32.4 Å². The molecule has 1 aromatic heterocycles. The molecule has 0 spiro atoms. The lowest BCUT2D eigenvalue weighted by Gasteiger charge is -2.27. The maximum absolute atomic E-state index is 12.0. The second kappa shape index (κ2) is 6.19. The average Bonchev–Trinajstić information content (AvgIpc) is 2.76. The van der Waals surface area contributed by atoms with Gasteiger partial charge in [-0.25, -0.2) is 4.79 Å². The zero-order valence-electron chi connectivity index (χ0n) is 12.4. The first-order chi connectivity index (χ1) is 10.1. The number of para-hydroxylation sites is 1. The Kier molecular flexibility index (Phi) is 4.85. The first-order valence-electron chi connectivity index (χ1n) is 6.70. The van der Waals surface area contributed by atoms with Crippen molar-refractivity contribution < 1.29 is 9.53 Å². The third kappa shape index (κ3) is 4.22. The van der Waals surface area contributed by atoms with E-state index >= 15 is 0 Å². The zero-order valence-corrected chi connectivity index (χ0v) is 14.7. The SMILES string of the molecule is CC(C)(C)OC(=O)NC(c1c[nH]c2ccccc12)C(Cl)(Cl)Cl. The van der Waals surface area contributed by atoms with Gasteiger partial charge in [0.25, 0.3) is 0 Å². The molecule has 2 N–H and O–H groups in total. The van der Waals surface area contributed by atoms with Crippen LogP contribution in [0.25, 0.3) is 10.9 Å². The number of hydrogen-bond acceptors (Lipinski definition) is 2. The summed E-state index contributed by atoms with van der Waals surface area (Å²) < 4.78 is 3.52. The highest BCUT2D eigenvalue weighted by atomic mass is 35.6. The number of hydrogen-bond donors (Lipinski definition) is 2. The van der Waals surface area contributed by atoms with Crippen molar-refractivity contribution in [3.63, 3.8) is 0 Å². The molecule has 22 heavy (non-hydrogen) atoms. The highest BCUT2D eigenvalue weighted by Gasteiger charge is 2.37. The fourth-order valence-electron chi connectivity index (χ4n) is 2.09. The molecule has 0 aliphatic carbocycles. The molecule has 1 unspecified atom stereocenters. The lowest BCUT2D eigenvalue weighted by atomic mass is 10.1. The third-order valence-electron chi connectivity index (χ3n) is 2.92. The predicted molar refractivity (Wildman–Crippen MR) is 90.7 cm³/mol. The molecule has 1 amide bonds. The van der Waals surface area contributed by atoms with Crippen molar-refractivity contribution in [2.24, 2.45) is 0 Å². The van der Waals surface area contributed by atoms with E-state index < -0.39 is 21.5 Å². The number of ether oxygens (including phenoxy) is 1. The molecule has 0 radical (unpaired) electrons. The van der Waals surface area contributed by atoms with Crippen molar-refractivity contribution in [3.8, 4) is 0 Å². The molecule has 4 nitrogen and oxygen atoms in total. The zero-order chi connectivity index (χ0) is 16.5. The third-order valence-corrected chi connectivity index (χ3v) is 3.58. The maximum atomic E-state index is 12.0. The second-order valence-electron chi connectivity index (χ2n) is 5.91. The molecule has 1 aromatic carbocycles. The molecule has 0 saturated carbocycles. The van der Waals surface area contributed by atoms with Gasteiger partial charge in [0.1, 0.15) is 11.6 Å². The standard InChI is InChI=1S/C15H17Cl3N2O2/c1-14(2,3)22-13(21)20-12(15(16,17)18)10-8-19-11-7-5-4-6-9(10)11/h4-8,12,19H,1-3H3,(H,20,21). The molecule has 0 bridgehead atoms. The number of benzene rings is 1. The van der Waals surface area contributed by atoms with Crippen LogP contribution in [0.5, 0.6) is 0 Å². The van der Waals surface area contributed by atoms with E-state index in [1.165, 1.54) is 0 Å². The lowest BCUT2D eigenvalue weighted by molar-refractivity contribution is 0.0504. The van der Waals surface area contributed by atoms with Crippen LogP contribution in [0.2, 0.25) is 0 Å². The van der Waals surface area contributed by atoms with E-state index in [-0.39, 0.29) is 0 Å². The van der Waals surface area contributed by atoms with Gasteiger partial charge in [-0.2, -0.15) is 0 Å². The summed E-state index contributed by atoms with van der Waals surface area (Å²) in [5.74, 6) is 0. The first kappa shape index (κ1) is 17.3. The monoisotopic (exact) mass is 362 g/mol. The quantitative estimate of drug-likeness (QED) is 0.729. The number of aromatic nitrogens is 1. The molecule has 0 saturated heterocycles. The smallest absolute Gasteiger partial charge is 0.408 e. The lowest BCUT2D eigenvalue weighted by Crippen LogP contribution is -2.39. The summed E-state index contributed by atoms with van der Waals surface area (Å²) in [5.41, 5.74) is 0.937. The van der Waals surface area contributed by atoms with Gasteiger partial charge in [0, 0.05) is 22.7 Å². The fourth-order valence-corrected chi connectivity index (χ4v) is 2.61. The number of amides is 1. The molecule has 0 aliphatic rings. The number of carbonyl (C=O) groups excluding carboxylic acids is 1.